The van der Waals surface area contributed by atoms with Crippen LogP contribution >= 0.6 is 0 Å². The van der Waals surface area contributed by atoms with Gasteiger partial charge < -0.3 is 15.0 Å². The van der Waals surface area contributed by atoms with Gasteiger partial charge in [-0.15, -0.1) is 0 Å². The first kappa shape index (κ1) is 24.5. The van der Waals surface area contributed by atoms with Crippen LogP contribution in [0.4, 0.5) is 24.5 Å². The zero-order valence-electron chi connectivity index (χ0n) is 18.6. The zero-order valence-corrected chi connectivity index (χ0v) is 19.5. The van der Waals surface area contributed by atoms with Crippen LogP contribution in [0, 0.1) is 6.92 Å². The Balaban J connectivity index is 1.62. The van der Waals surface area contributed by atoms with Gasteiger partial charge in [0.1, 0.15) is 6.04 Å². The average molecular weight is 498 g/mol. The van der Waals surface area contributed by atoms with E-state index in [0.717, 1.165) is 22.0 Å². The van der Waals surface area contributed by atoms with E-state index in [2.05, 4.69) is 5.32 Å². The largest absolute Gasteiger partial charge is 0.416 e. The molecule has 1 atom stereocenters. The van der Waals surface area contributed by atoms with E-state index in [9.17, 15) is 26.4 Å². The molecule has 2 heterocycles. The van der Waals surface area contributed by atoms with E-state index in [1.54, 1.807) is 12.1 Å². The predicted octanol–water partition coefficient (Wildman–Crippen LogP) is 3.64. The van der Waals surface area contributed by atoms with E-state index in [4.69, 9.17) is 4.74 Å². The van der Waals surface area contributed by atoms with Crippen LogP contribution in [0.3, 0.4) is 0 Å². The summed E-state index contributed by atoms with van der Waals surface area (Å²) in [4.78, 5) is 15.1. The van der Waals surface area contributed by atoms with Crippen molar-refractivity contribution in [2.24, 2.45) is 0 Å². The van der Waals surface area contributed by atoms with Crippen LogP contribution in [0.15, 0.2) is 47.4 Å². The minimum atomic E-state index is -4.59. The third-order valence-electron chi connectivity index (χ3n) is 6.07. The van der Waals surface area contributed by atoms with E-state index < -0.39 is 33.7 Å². The Bertz CT molecular complexity index is 1150. The van der Waals surface area contributed by atoms with Crippen molar-refractivity contribution >= 4 is 27.3 Å². The van der Waals surface area contributed by atoms with Crippen molar-refractivity contribution in [3.8, 4) is 0 Å². The topological polar surface area (TPSA) is 79.0 Å². The average Bonchev–Trinajstić information content (AvgIpc) is 3.30. The predicted molar refractivity (Wildman–Crippen MR) is 121 cm³/mol. The Morgan fingerprint density at radius 3 is 2.38 bits per heavy atom. The Morgan fingerprint density at radius 2 is 1.74 bits per heavy atom. The molecule has 2 aliphatic heterocycles. The van der Waals surface area contributed by atoms with E-state index >= 15 is 0 Å². The van der Waals surface area contributed by atoms with Crippen LogP contribution in [0.1, 0.15) is 24.0 Å². The molecule has 1 unspecified atom stereocenters. The number of alkyl halides is 3. The lowest BCUT2D eigenvalue weighted by Gasteiger charge is -2.31. The van der Waals surface area contributed by atoms with Gasteiger partial charge in [0, 0.05) is 19.6 Å². The van der Waals surface area contributed by atoms with Gasteiger partial charge in [-0.3, -0.25) is 4.79 Å². The number of benzene rings is 2. The maximum absolute atomic E-state index is 13.4. The highest BCUT2D eigenvalue weighted by Gasteiger charge is 2.40. The minimum Gasteiger partial charge on any atom is -0.378 e. The number of anilines is 2. The highest BCUT2D eigenvalue weighted by atomic mass is 32.2. The van der Waals surface area contributed by atoms with Crippen LogP contribution in [0.2, 0.25) is 0 Å². The Morgan fingerprint density at radius 1 is 1.06 bits per heavy atom. The van der Waals surface area contributed by atoms with E-state index in [1.165, 1.54) is 18.2 Å². The fraction of sp³-hybridized carbons (Fsp3) is 0.435. The Labute approximate surface area is 196 Å². The summed E-state index contributed by atoms with van der Waals surface area (Å²) in [5.41, 5.74) is 0.446. The number of aryl methyl sites for hydroxylation is 1. The number of nitrogens with one attached hydrogen (secondary N) is 1. The van der Waals surface area contributed by atoms with Crippen molar-refractivity contribution in [2.45, 2.75) is 36.9 Å². The molecule has 34 heavy (non-hydrogen) atoms. The maximum Gasteiger partial charge on any atom is 0.416 e. The van der Waals surface area contributed by atoms with Crippen molar-refractivity contribution in [3.63, 3.8) is 0 Å². The monoisotopic (exact) mass is 497 g/mol. The number of amides is 1. The number of carbonyl (C=O) groups excluding carboxylic acids is 1. The molecule has 0 aromatic heterocycles. The quantitative estimate of drug-likeness (QED) is 0.683. The summed E-state index contributed by atoms with van der Waals surface area (Å²) in [6.45, 7) is 3.76. The van der Waals surface area contributed by atoms with Crippen LogP contribution < -0.4 is 10.2 Å². The lowest BCUT2D eigenvalue weighted by molar-refractivity contribution is -0.137. The molecule has 0 saturated carbocycles. The molecule has 1 amide bonds. The number of sulfonamides is 1. The molecular weight excluding hydrogens is 471 g/mol. The SMILES string of the molecule is Cc1ccc(S(=O)(=O)N2CCCC2C(=O)Nc2cc(C(F)(F)F)ccc2N2CCOCC2)cc1. The fourth-order valence-electron chi connectivity index (χ4n) is 4.24. The first-order valence-electron chi connectivity index (χ1n) is 11.0. The van der Waals surface area contributed by atoms with Gasteiger partial charge in [-0.05, 0) is 50.1 Å². The fourth-order valence-corrected chi connectivity index (χ4v) is 5.90. The van der Waals surface area contributed by atoms with Gasteiger partial charge in [-0.25, -0.2) is 8.42 Å². The molecule has 184 valence electrons. The summed E-state index contributed by atoms with van der Waals surface area (Å²) in [6.07, 6.45) is -3.83. The highest BCUT2D eigenvalue weighted by Crippen LogP contribution is 2.36. The molecule has 1 N–H and O–H groups in total. The van der Waals surface area contributed by atoms with Crippen molar-refractivity contribution < 1.29 is 31.1 Å². The molecule has 0 bridgehead atoms. The van der Waals surface area contributed by atoms with Crippen LogP contribution in [-0.2, 0) is 25.7 Å². The van der Waals surface area contributed by atoms with Crippen molar-refractivity contribution in [1.82, 2.24) is 4.31 Å². The molecule has 0 aliphatic carbocycles. The molecule has 4 rings (SSSR count). The minimum absolute atomic E-state index is 0.00121. The third kappa shape index (κ3) is 5.06. The molecule has 7 nitrogen and oxygen atoms in total. The zero-order chi connectivity index (χ0) is 24.5. The summed E-state index contributed by atoms with van der Waals surface area (Å²) >= 11 is 0. The molecule has 2 saturated heterocycles. The van der Waals surface area contributed by atoms with E-state index in [0.29, 0.717) is 38.4 Å². The maximum atomic E-state index is 13.4. The van der Waals surface area contributed by atoms with Crippen LogP contribution in [0.25, 0.3) is 0 Å². The molecule has 2 aliphatic rings. The van der Waals surface area contributed by atoms with Gasteiger partial charge in [-0.1, -0.05) is 17.7 Å². The molecule has 2 fully saturated rings. The second-order valence-electron chi connectivity index (χ2n) is 8.41. The molecule has 11 heteroatoms. The normalized spacial score (nSPS) is 19.9. The number of halogens is 3. The summed E-state index contributed by atoms with van der Waals surface area (Å²) in [6, 6.07) is 8.52. The summed E-state index contributed by atoms with van der Waals surface area (Å²) in [5.74, 6) is -0.651. The number of hydrogen-bond acceptors (Lipinski definition) is 5. The molecule has 2 aromatic rings. The van der Waals surface area contributed by atoms with Crippen molar-refractivity contribution in [2.75, 3.05) is 43.1 Å². The highest BCUT2D eigenvalue weighted by molar-refractivity contribution is 7.89. The summed E-state index contributed by atoms with van der Waals surface area (Å²) < 4.78 is 73.0. The van der Waals surface area contributed by atoms with Gasteiger partial charge in [-0.2, -0.15) is 17.5 Å². The lowest BCUT2D eigenvalue weighted by atomic mass is 10.1. The van der Waals surface area contributed by atoms with Crippen molar-refractivity contribution in [1.29, 1.82) is 0 Å². The second kappa shape index (κ2) is 9.55. The number of ether oxygens (including phenoxy) is 1. The number of nitrogens with zero attached hydrogens (tertiary/aromatic N) is 2. The third-order valence-corrected chi connectivity index (χ3v) is 7.99. The first-order valence-corrected chi connectivity index (χ1v) is 12.4. The number of rotatable bonds is 5. The Hall–Kier alpha value is -2.63. The number of hydrogen-bond donors (Lipinski definition) is 1. The smallest absolute Gasteiger partial charge is 0.378 e. The van der Waals surface area contributed by atoms with Crippen LogP contribution in [0.5, 0.6) is 0 Å². The first-order chi connectivity index (χ1) is 16.1. The molecule has 2 aromatic carbocycles. The summed E-state index contributed by atoms with van der Waals surface area (Å²) in [7, 11) is -3.94. The van der Waals surface area contributed by atoms with E-state index in [1.807, 2.05) is 11.8 Å². The molecule has 0 spiro atoms. The van der Waals surface area contributed by atoms with Gasteiger partial charge >= 0.3 is 6.18 Å². The lowest BCUT2D eigenvalue weighted by Crippen LogP contribution is -2.43. The standard InChI is InChI=1S/C23H26F3N3O4S/c1-16-4-7-18(8-5-16)34(31,32)29-10-2-3-21(29)22(30)27-19-15-17(23(24,25)26)6-9-20(19)28-11-13-33-14-12-28/h4-9,15,21H,2-3,10-14H2,1H3,(H,27,30). The molecular formula is C23H26F3N3O4S. The van der Waals surface area contributed by atoms with Gasteiger partial charge in [0.15, 0.2) is 0 Å². The number of morpholine rings is 1. The van der Waals surface area contributed by atoms with Crippen LogP contribution in [-0.4, -0.2) is 57.5 Å². The van der Waals surface area contributed by atoms with Gasteiger partial charge in [0.05, 0.1) is 35.0 Å². The summed E-state index contributed by atoms with van der Waals surface area (Å²) in [5, 5.41) is 2.60. The second-order valence-corrected chi connectivity index (χ2v) is 10.3. The van der Waals surface area contributed by atoms with E-state index in [-0.39, 0.29) is 23.5 Å². The van der Waals surface area contributed by atoms with Gasteiger partial charge in [0.25, 0.3) is 0 Å². The Kier molecular flexibility index (Phi) is 6.88. The van der Waals surface area contributed by atoms with Crippen molar-refractivity contribution in [3.05, 3.63) is 53.6 Å². The molecule has 0 radical (unpaired) electrons. The number of carbonyl (C=O) groups is 1. The van der Waals surface area contributed by atoms with Gasteiger partial charge in [0.2, 0.25) is 15.9 Å².